The molecule has 1 fully saturated rings. The van der Waals surface area contributed by atoms with E-state index in [0.29, 0.717) is 11.5 Å². The Kier molecular flexibility index (Phi) is 4.13. The Labute approximate surface area is 102 Å². The van der Waals surface area contributed by atoms with Gasteiger partial charge >= 0.3 is 0 Å². The summed E-state index contributed by atoms with van der Waals surface area (Å²) in [7, 11) is 0. The molecule has 1 heterocycles. The standard InChI is InChI=1S/C14H20FNO/c1-3-16-9-12-6-7-17-14(12)11-4-5-13(15)10(2)8-11/h4-5,8,12,14,16H,3,6-7,9H2,1-2H3. The summed E-state index contributed by atoms with van der Waals surface area (Å²) >= 11 is 0. The molecule has 0 spiro atoms. The minimum absolute atomic E-state index is 0.119. The molecule has 2 atom stereocenters. The molecule has 17 heavy (non-hydrogen) atoms. The van der Waals surface area contributed by atoms with Crippen LogP contribution in [0.1, 0.15) is 30.6 Å². The van der Waals surface area contributed by atoms with Gasteiger partial charge in [-0.15, -0.1) is 0 Å². The van der Waals surface area contributed by atoms with Crippen LogP contribution >= 0.6 is 0 Å². The second kappa shape index (κ2) is 5.61. The first kappa shape index (κ1) is 12.5. The van der Waals surface area contributed by atoms with Crippen LogP contribution < -0.4 is 5.32 Å². The van der Waals surface area contributed by atoms with E-state index in [2.05, 4.69) is 12.2 Å². The Balaban J connectivity index is 2.11. The largest absolute Gasteiger partial charge is 0.373 e. The molecule has 94 valence electrons. The lowest BCUT2D eigenvalue weighted by Crippen LogP contribution is -2.24. The van der Waals surface area contributed by atoms with Gasteiger partial charge in [-0.25, -0.2) is 4.39 Å². The highest BCUT2D eigenvalue weighted by molar-refractivity contribution is 5.26. The lowest BCUT2D eigenvalue weighted by Gasteiger charge is -2.19. The van der Waals surface area contributed by atoms with Crippen molar-refractivity contribution < 1.29 is 9.13 Å². The Morgan fingerprint density at radius 1 is 1.47 bits per heavy atom. The van der Waals surface area contributed by atoms with Gasteiger partial charge in [-0.1, -0.05) is 19.1 Å². The minimum Gasteiger partial charge on any atom is -0.373 e. The number of hydrogen-bond donors (Lipinski definition) is 1. The van der Waals surface area contributed by atoms with Crippen molar-refractivity contribution in [2.45, 2.75) is 26.4 Å². The third-order valence-electron chi connectivity index (χ3n) is 3.38. The molecule has 0 radical (unpaired) electrons. The third kappa shape index (κ3) is 2.85. The van der Waals surface area contributed by atoms with Gasteiger partial charge in [-0.05, 0) is 37.1 Å². The van der Waals surface area contributed by atoms with Gasteiger partial charge in [-0.2, -0.15) is 0 Å². The zero-order chi connectivity index (χ0) is 12.3. The molecule has 2 rings (SSSR count). The number of aryl methyl sites for hydroxylation is 1. The molecule has 2 unspecified atom stereocenters. The topological polar surface area (TPSA) is 21.3 Å². The molecular weight excluding hydrogens is 217 g/mol. The lowest BCUT2D eigenvalue weighted by atomic mass is 9.94. The Bertz CT molecular complexity index is 380. The second-order valence-electron chi connectivity index (χ2n) is 4.66. The summed E-state index contributed by atoms with van der Waals surface area (Å²) in [4.78, 5) is 0. The Morgan fingerprint density at radius 2 is 2.29 bits per heavy atom. The first-order valence-electron chi connectivity index (χ1n) is 6.30. The van der Waals surface area contributed by atoms with E-state index >= 15 is 0 Å². The molecular formula is C14H20FNO. The predicted octanol–water partition coefficient (Wildman–Crippen LogP) is 2.82. The van der Waals surface area contributed by atoms with E-state index in [1.165, 1.54) is 6.07 Å². The molecule has 0 saturated carbocycles. The summed E-state index contributed by atoms with van der Waals surface area (Å²) in [6.07, 6.45) is 1.20. The van der Waals surface area contributed by atoms with Crippen LogP contribution in [0, 0.1) is 18.7 Å². The third-order valence-corrected chi connectivity index (χ3v) is 3.38. The first-order chi connectivity index (χ1) is 8.22. The molecule has 1 saturated heterocycles. The van der Waals surface area contributed by atoms with E-state index in [1.807, 2.05) is 12.1 Å². The summed E-state index contributed by atoms with van der Waals surface area (Å²) in [6, 6.07) is 5.29. The van der Waals surface area contributed by atoms with E-state index in [1.54, 1.807) is 6.92 Å². The molecule has 1 aliphatic rings. The fourth-order valence-electron chi connectivity index (χ4n) is 2.39. The summed E-state index contributed by atoms with van der Waals surface area (Å²) in [5.74, 6) is 0.356. The van der Waals surface area contributed by atoms with Crippen molar-refractivity contribution in [3.63, 3.8) is 0 Å². The first-order valence-corrected chi connectivity index (χ1v) is 6.30. The van der Waals surface area contributed by atoms with Gasteiger partial charge in [0.15, 0.2) is 0 Å². The molecule has 1 aliphatic heterocycles. The van der Waals surface area contributed by atoms with Gasteiger partial charge in [0.1, 0.15) is 5.82 Å². The van der Waals surface area contributed by atoms with Crippen LogP contribution in [0.25, 0.3) is 0 Å². The average Bonchev–Trinajstić information content (AvgIpc) is 2.78. The molecule has 0 bridgehead atoms. The highest BCUT2D eigenvalue weighted by Gasteiger charge is 2.29. The highest BCUT2D eigenvalue weighted by atomic mass is 19.1. The zero-order valence-corrected chi connectivity index (χ0v) is 10.5. The van der Waals surface area contributed by atoms with Gasteiger partial charge in [0.05, 0.1) is 6.10 Å². The van der Waals surface area contributed by atoms with E-state index in [-0.39, 0.29) is 11.9 Å². The van der Waals surface area contributed by atoms with E-state index in [4.69, 9.17) is 4.74 Å². The van der Waals surface area contributed by atoms with Crippen LogP contribution in [0.4, 0.5) is 4.39 Å². The van der Waals surface area contributed by atoms with Gasteiger partial charge in [0.2, 0.25) is 0 Å². The summed E-state index contributed by atoms with van der Waals surface area (Å²) in [5, 5.41) is 3.36. The number of benzene rings is 1. The van der Waals surface area contributed by atoms with Crippen LogP contribution in [-0.4, -0.2) is 19.7 Å². The van der Waals surface area contributed by atoms with Crippen molar-refractivity contribution in [3.05, 3.63) is 35.1 Å². The molecule has 0 aromatic heterocycles. The van der Waals surface area contributed by atoms with Crippen LogP contribution in [0.2, 0.25) is 0 Å². The van der Waals surface area contributed by atoms with Crippen molar-refractivity contribution in [3.8, 4) is 0 Å². The number of rotatable bonds is 4. The SMILES string of the molecule is CCNCC1CCOC1c1ccc(F)c(C)c1. The minimum atomic E-state index is -0.144. The van der Waals surface area contributed by atoms with Crippen molar-refractivity contribution in [2.75, 3.05) is 19.7 Å². The van der Waals surface area contributed by atoms with Gasteiger partial charge < -0.3 is 10.1 Å². The fraction of sp³-hybridized carbons (Fsp3) is 0.571. The van der Waals surface area contributed by atoms with Gasteiger partial charge in [0.25, 0.3) is 0 Å². The molecule has 0 amide bonds. The van der Waals surface area contributed by atoms with Crippen LogP contribution in [-0.2, 0) is 4.74 Å². The van der Waals surface area contributed by atoms with Crippen molar-refractivity contribution in [1.29, 1.82) is 0 Å². The molecule has 2 nitrogen and oxygen atoms in total. The number of hydrogen-bond acceptors (Lipinski definition) is 2. The number of ether oxygens (including phenoxy) is 1. The van der Waals surface area contributed by atoms with E-state index < -0.39 is 0 Å². The van der Waals surface area contributed by atoms with Gasteiger partial charge in [0, 0.05) is 19.1 Å². The van der Waals surface area contributed by atoms with Crippen LogP contribution in [0.5, 0.6) is 0 Å². The van der Waals surface area contributed by atoms with Crippen LogP contribution in [0.15, 0.2) is 18.2 Å². The Morgan fingerprint density at radius 3 is 3.00 bits per heavy atom. The van der Waals surface area contributed by atoms with Crippen molar-refractivity contribution >= 4 is 0 Å². The normalized spacial score (nSPS) is 24.2. The predicted molar refractivity (Wildman–Crippen MR) is 66.5 cm³/mol. The number of nitrogens with one attached hydrogen (secondary N) is 1. The zero-order valence-electron chi connectivity index (χ0n) is 10.5. The molecule has 0 aliphatic carbocycles. The second-order valence-corrected chi connectivity index (χ2v) is 4.66. The summed E-state index contributed by atoms with van der Waals surface area (Å²) in [5.41, 5.74) is 1.80. The van der Waals surface area contributed by atoms with Crippen molar-refractivity contribution in [2.24, 2.45) is 5.92 Å². The van der Waals surface area contributed by atoms with Crippen molar-refractivity contribution in [1.82, 2.24) is 5.32 Å². The Hall–Kier alpha value is -0.930. The van der Waals surface area contributed by atoms with E-state index in [9.17, 15) is 4.39 Å². The van der Waals surface area contributed by atoms with E-state index in [0.717, 1.165) is 31.7 Å². The average molecular weight is 237 g/mol. The molecule has 1 aromatic carbocycles. The maximum atomic E-state index is 13.2. The van der Waals surface area contributed by atoms with Crippen LogP contribution in [0.3, 0.4) is 0 Å². The lowest BCUT2D eigenvalue weighted by molar-refractivity contribution is 0.0905. The monoisotopic (exact) mass is 237 g/mol. The smallest absolute Gasteiger partial charge is 0.126 e. The summed E-state index contributed by atoms with van der Waals surface area (Å²) < 4.78 is 19.0. The quantitative estimate of drug-likeness (QED) is 0.869. The highest BCUT2D eigenvalue weighted by Crippen LogP contribution is 2.34. The molecule has 1 aromatic rings. The fourth-order valence-corrected chi connectivity index (χ4v) is 2.39. The maximum Gasteiger partial charge on any atom is 0.126 e. The maximum absolute atomic E-state index is 13.2. The molecule has 1 N–H and O–H groups in total. The van der Waals surface area contributed by atoms with Gasteiger partial charge in [-0.3, -0.25) is 0 Å². The summed E-state index contributed by atoms with van der Waals surface area (Å²) in [6.45, 7) is 6.65. The molecule has 3 heteroatoms. The number of halogens is 1.